The molecule has 0 heterocycles. The highest BCUT2D eigenvalue weighted by atomic mass is 79.9. The smallest absolute Gasteiger partial charge is 0.316 e. The number of methoxy groups -OCH3 is 1. The van der Waals surface area contributed by atoms with Crippen molar-refractivity contribution in [1.82, 2.24) is 10.9 Å². The highest BCUT2D eigenvalue weighted by molar-refractivity contribution is 9.10. The van der Waals surface area contributed by atoms with Crippen LogP contribution in [0.4, 0.5) is 0 Å². The number of benzene rings is 2. The quantitative estimate of drug-likeness (QED) is 0.370. The van der Waals surface area contributed by atoms with Crippen molar-refractivity contribution >= 4 is 45.5 Å². The van der Waals surface area contributed by atoms with Gasteiger partial charge in [-0.25, -0.2) is 0 Å². The normalized spacial score (nSPS) is 10.1. The van der Waals surface area contributed by atoms with Gasteiger partial charge in [-0.15, -0.1) is 11.8 Å². The molecule has 7 nitrogen and oxygen atoms in total. The van der Waals surface area contributed by atoms with Crippen LogP contribution >= 0.6 is 27.7 Å². The lowest BCUT2D eigenvalue weighted by molar-refractivity contribution is -0.146. The van der Waals surface area contributed by atoms with E-state index in [1.54, 1.807) is 24.3 Å². The van der Waals surface area contributed by atoms with E-state index in [1.807, 2.05) is 25.1 Å². The molecule has 9 heteroatoms. The lowest BCUT2D eigenvalue weighted by atomic mass is 10.2. The highest BCUT2D eigenvalue weighted by Gasteiger charge is 2.11. The second-order valence-electron chi connectivity index (χ2n) is 5.59. The van der Waals surface area contributed by atoms with E-state index in [-0.39, 0.29) is 5.75 Å². The first-order valence-electron chi connectivity index (χ1n) is 8.17. The summed E-state index contributed by atoms with van der Waals surface area (Å²) in [6, 6.07) is 12.1. The van der Waals surface area contributed by atoms with Crippen molar-refractivity contribution in [3.8, 4) is 5.75 Å². The molecule has 2 amide bonds. The van der Waals surface area contributed by atoms with Crippen LogP contribution in [0.3, 0.4) is 0 Å². The summed E-state index contributed by atoms with van der Waals surface area (Å²) in [5.41, 5.74) is 5.83. The van der Waals surface area contributed by atoms with Crippen LogP contribution < -0.4 is 15.6 Å². The van der Waals surface area contributed by atoms with Gasteiger partial charge in [-0.05, 0) is 55.0 Å². The zero-order valence-corrected chi connectivity index (χ0v) is 17.7. The summed E-state index contributed by atoms with van der Waals surface area (Å²) >= 11 is 4.71. The maximum atomic E-state index is 11.9. The number of rotatable bonds is 7. The molecule has 0 aliphatic rings. The molecule has 0 aliphatic heterocycles. The topological polar surface area (TPSA) is 93.7 Å². The molecular formula is C19H19BrN2O5S. The molecule has 2 N–H and O–H groups in total. The monoisotopic (exact) mass is 466 g/mol. The zero-order valence-electron chi connectivity index (χ0n) is 15.3. The van der Waals surface area contributed by atoms with Crippen LogP contribution in [-0.4, -0.2) is 37.3 Å². The number of carbonyl (C=O) groups is 3. The first-order chi connectivity index (χ1) is 13.4. The third kappa shape index (κ3) is 6.90. The van der Waals surface area contributed by atoms with Gasteiger partial charge in [-0.3, -0.25) is 25.2 Å². The number of hydrogen-bond acceptors (Lipinski definition) is 6. The van der Waals surface area contributed by atoms with Gasteiger partial charge < -0.3 is 9.47 Å². The summed E-state index contributed by atoms with van der Waals surface area (Å²) in [4.78, 5) is 36.4. The summed E-state index contributed by atoms with van der Waals surface area (Å²) in [5, 5.41) is 0. The fourth-order valence-electron chi connectivity index (χ4n) is 2.08. The van der Waals surface area contributed by atoms with Gasteiger partial charge in [0, 0.05) is 14.9 Å². The lowest BCUT2D eigenvalue weighted by Gasteiger charge is -2.09. The molecule has 0 unspecified atom stereocenters. The molecule has 2 aromatic rings. The van der Waals surface area contributed by atoms with Crippen LogP contribution in [0.15, 0.2) is 51.8 Å². The van der Waals surface area contributed by atoms with Crippen LogP contribution in [-0.2, 0) is 14.3 Å². The van der Waals surface area contributed by atoms with Gasteiger partial charge in [0.1, 0.15) is 5.75 Å². The van der Waals surface area contributed by atoms with E-state index in [4.69, 9.17) is 9.47 Å². The first kappa shape index (κ1) is 21.8. The number of esters is 1. The average Bonchev–Trinajstić information content (AvgIpc) is 2.69. The predicted octanol–water partition coefficient (Wildman–Crippen LogP) is 2.86. The van der Waals surface area contributed by atoms with Gasteiger partial charge in [-0.2, -0.15) is 0 Å². The summed E-state index contributed by atoms with van der Waals surface area (Å²) in [6.45, 7) is 1.46. The van der Waals surface area contributed by atoms with E-state index in [2.05, 4.69) is 26.8 Å². The van der Waals surface area contributed by atoms with Crippen molar-refractivity contribution < 1.29 is 23.9 Å². The van der Waals surface area contributed by atoms with Crippen molar-refractivity contribution in [2.45, 2.75) is 11.8 Å². The van der Waals surface area contributed by atoms with Crippen molar-refractivity contribution in [2.75, 3.05) is 19.5 Å². The molecule has 0 bridgehead atoms. The second kappa shape index (κ2) is 10.7. The molecule has 2 rings (SSSR count). The van der Waals surface area contributed by atoms with Crippen molar-refractivity contribution in [2.24, 2.45) is 0 Å². The third-order valence-corrected chi connectivity index (χ3v) is 5.16. The Hall–Kier alpha value is -2.52. The molecule has 148 valence electrons. The van der Waals surface area contributed by atoms with Gasteiger partial charge >= 0.3 is 5.97 Å². The number of thioether (sulfide) groups is 1. The Morgan fingerprint density at radius 2 is 1.79 bits per heavy atom. The lowest BCUT2D eigenvalue weighted by Crippen LogP contribution is -2.43. The summed E-state index contributed by atoms with van der Waals surface area (Å²) in [7, 11) is 1.52. The van der Waals surface area contributed by atoms with Crippen LogP contribution in [0.25, 0.3) is 0 Å². The van der Waals surface area contributed by atoms with Crippen molar-refractivity contribution in [3.63, 3.8) is 0 Å². The van der Waals surface area contributed by atoms with Crippen LogP contribution in [0.1, 0.15) is 15.9 Å². The summed E-state index contributed by atoms with van der Waals surface area (Å²) < 4.78 is 10.9. The molecule has 0 radical (unpaired) electrons. The molecular weight excluding hydrogens is 448 g/mol. The SMILES string of the molecule is COc1ccc(C(=O)NNC(=O)COC(=O)CSc2ccc(Br)cc2C)cc1. The zero-order chi connectivity index (χ0) is 20.5. The summed E-state index contributed by atoms with van der Waals surface area (Å²) in [6.07, 6.45) is 0. The highest BCUT2D eigenvalue weighted by Crippen LogP contribution is 2.25. The molecule has 28 heavy (non-hydrogen) atoms. The molecule has 0 saturated carbocycles. The minimum Gasteiger partial charge on any atom is -0.497 e. The van der Waals surface area contributed by atoms with E-state index >= 15 is 0 Å². The van der Waals surface area contributed by atoms with E-state index in [0.717, 1.165) is 14.9 Å². The van der Waals surface area contributed by atoms with Gasteiger partial charge in [0.25, 0.3) is 11.8 Å². The number of amides is 2. The molecule has 0 spiro atoms. The Labute approximate surface area is 175 Å². The van der Waals surface area contributed by atoms with Crippen LogP contribution in [0, 0.1) is 6.92 Å². The van der Waals surface area contributed by atoms with Gasteiger partial charge in [0.2, 0.25) is 0 Å². The number of ether oxygens (including phenoxy) is 2. The largest absolute Gasteiger partial charge is 0.497 e. The molecule has 0 fully saturated rings. The number of halogens is 1. The second-order valence-corrected chi connectivity index (χ2v) is 7.52. The molecule has 0 atom stereocenters. The van der Waals surface area contributed by atoms with Crippen molar-refractivity contribution in [1.29, 1.82) is 0 Å². The van der Waals surface area contributed by atoms with Crippen LogP contribution in [0.2, 0.25) is 0 Å². The van der Waals surface area contributed by atoms with Gasteiger partial charge in [0.05, 0.1) is 12.9 Å². The fraction of sp³-hybridized carbons (Fsp3) is 0.211. The van der Waals surface area contributed by atoms with E-state index in [9.17, 15) is 14.4 Å². The molecule has 0 saturated heterocycles. The fourth-order valence-corrected chi connectivity index (χ4v) is 3.36. The maximum Gasteiger partial charge on any atom is 0.316 e. The number of aryl methyl sites for hydroxylation is 1. The standard InChI is InChI=1S/C19H19BrN2O5S/c1-12-9-14(20)5-8-16(12)28-11-18(24)27-10-17(23)21-22-19(25)13-3-6-15(26-2)7-4-13/h3-9H,10-11H2,1-2H3,(H,21,23)(H,22,25). The Kier molecular flexibility index (Phi) is 8.34. The first-order valence-corrected chi connectivity index (χ1v) is 9.94. The predicted molar refractivity (Wildman–Crippen MR) is 109 cm³/mol. The van der Waals surface area contributed by atoms with Gasteiger partial charge in [-0.1, -0.05) is 15.9 Å². The minimum atomic E-state index is -0.639. The van der Waals surface area contributed by atoms with E-state index < -0.39 is 24.4 Å². The maximum absolute atomic E-state index is 11.9. The van der Waals surface area contributed by atoms with E-state index in [1.165, 1.54) is 18.9 Å². The van der Waals surface area contributed by atoms with Crippen LogP contribution in [0.5, 0.6) is 5.75 Å². The third-order valence-electron chi connectivity index (χ3n) is 3.51. The molecule has 2 aromatic carbocycles. The Morgan fingerprint density at radius 1 is 1.07 bits per heavy atom. The summed E-state index contributed by atoms with van der Waals surface area (Å²) in [5.74, 6) is -0.968. The van der Waals surface area contributed by atoms with Crippen molar-refractivity contribution in [3.05, 3.63) is 58.1 Å². The number of hydrazine groups is 1. The number of carbonyl (C=O) groups excluding carboxylic acids is 3. The Bertz CT molecular complexity index is 858. The Balaban J connectivity index is 1.69. The minimum absolute atomic E-state index is 0.0773. The average molecular weight is 467 g/mol. The number of hydrogen-bond donors (Lipinski definition) is 2. The Morgan fingerprint density at radius 3 is 2.43 bits per heavy atom. The number of nitrogens with one attached hydrogen (secondary N) is 2. The van der Waals surface area contributed by atoms with E-state index in [0.29, 0.717) is 11.3 Å². The molecule has 0 aromatic heterocycles. The van der Waals surface area contributed by atoms with Gasteiger partial charge in [0.15, 0.2) is 6.61 Å². The molecule has 0 aliphatic carbocycles.